The molecule has 0 spiro atoms. The zero-order valence-corrected chi connectivity index (χ0v) is 11.4. The van der Waals surface area contributed by atoms with Crippen LogP contribution in [0.5, 0.6) is 5.75 Å². The molecule has 100 valence electrons. The maximum Gasteiger partial charge on any atom is 0.239 e. The number of alkyl halides is 1. The van der Waals surface area contributed by atoms with Crippen molar-refractivity contribution in [3.8, 4) is 5.75 Å². The van der Waals surface area contributed by atoms with E-state index in [4.69, 9.17) is 27.9 Å². The first-order chi connectivity index (χ1) is 9.17. The minimum Gasteiger partial charge on any atom is -0.471 e. The van der Waals surface area contributed by atoms with Gasteiger partial charge in [0.25, 0.3) is 0 Å². The van der Waals surface area contributed by atoms with Gasteiger partial charge in [0, 0.05) is 5.02 Å². The fourth-order valence-electron chi connectivity index (χ4n) is 1.39. The van der Waals surface area contributed by atoms with Crippen LogP contribution >= 0.6 is 23.2 Å². The van der Waals surface area contributed by atoms with Crippen LogP contribution in [0.15, 0.2) is 36.7 Å². The summed E-state index contributed by atoms with van der Waals surface area (Å²) in [6, 6.07) is 7.07. The second kappa shape index (κ2) is 6.45. The Kier molecular flexibility index (Phi) is 4.65. The van der Waals surface area contributed by atoms with Gasteiger partial charge in [0.05, 0.1) is 18.1 Å². The molecule has 0 bridgehead atoms. The van der Waals surface area contributed by atoms with Crippen molar-refractivity contribution in [2.75, 3.05) is 11.2 Å². The first kappa shape index (κ1) is 13.7. The maximum atomic E-state index is 11.1. The van der Waals surface area contributed by atoms with Crippen molar-refractivity contribution in [1.29, 1.82) is 0 Å². The summed E-state index contributed by atoms with van der Waals surface area (Å²) in [5.41, 5.74) is 0.570. The Morgan fingerprint density at radius 1 is 1.47 bits per heavy atom. The Bertz CT molecular complexity index is 572. The van der Waals surface area contributed by atoms with Gasteiger partial charge in [-0.15, -0.1) is 11.6 Å². The molecule has 7 heteroatoms. The zero-order chi connectivity index (χ0) is 13.7. The molecule has 0 aliphatic rings. The Labute approximate surface area is 120 Å². The number of halogens is 2. The van der Waals surface area contributed by atoms with E-state index in [1.165, 1.54) is 6.20 Å². The summed E-state index contributed by atoms with van der Waals surface area (Å²) in [6.45, 7) is 0.219. The average Bonchev–Trinajstić information content (AvgIpc) is 2.84. The molecule has 0 atom stereocenters. The molecule has 0 saturated heterocycles. The highest BCUT2D eigenvalue weighted by atomic mass is 35.5. The van der Waals surface area contributed by atoms with Crippen LogP contribution in [-0.4, -0.2) is 21.6 Å². The summed E-state index contributed by atoms with van der Waals surface area (Å²) in [5, 5.41) is 7.23. The summed E-state index contributed by atoms with van der Waals surface area (Å²) in [6.07, 6.45) is 3.17. The van der Waals surface area contributed by atoms with Crippen LogP contribution in [0.4, 0.5) is 5.69 Å². The lowest BCUT2D eigenvalue weighted by Crippen LogP contribution is -2.12. The Morgan fingerprint density at radius 3 is 3.05 bits per heavy atom. The summed E-state index contributed by atoms with van der Waals surface area (Å²) >= 11 is 11.2. The van der Waals surface area contributed by atoms with Crippen LogP contribution < -0.4 is 10.1 Å². The molecule has 1 heterocycles. The molecular formula is C12H11Cl2N3O2. The number of carbonyl (C=O) groups is 1. The van der Waals surface area contributed by atoms with Crippen LogP contribution in [-0.2, 0) is 11.5 Å². The number of amides is 1. The van der Waals surface area contributed by atoms with E-state index in [-0.39, 0.29) is 18.5 Å². The van der Waals surface area contributed by atoms with E-state index in [9.17, 15) is 4.79 Å². The number of benzene rings is 1. The number of nitrogens with one attached hydrogen (secondary N) is 1. The third-order valence-electron chi connectivity index (χ3n) is 2.20. The zero-order valence-electron chi connectivity index (χ0n) is 9.85. The maximum absolute atomic E-state index is 11.1. The summed E-state index contributed by atoms with van der Waals surface area (Å²) in [7, 11) is 0. The highest BCUT2D eigenvalue weighted by molar-refractivity contribution is 6.30. The fourth-order valence-corrected chi connectivity index (χ4v) is 1.64. The van der Waals surface area contributed by atoms with Crippen molar-refractivity contribution in [3.05, 3.63) is 41.7 Å². The van der Waals surface area contributed by atoms with Gasteiger partial charge in [0.2, 0.25) is 5.91 Å². The quantitative estimate of drug-likeness (QED) is 0.864. The molecule has 1 aromatic carbocycles. The number of nitrogens with zero attached hydrogens (tertiary/aromatic N) is 2. The predicted octanol–water partition coefficient (Wildman–Crippen LogP) is 2.75. The van der Waals surface area contributed by atoms with Crippen molar-refractivity contribution in [3.63, 3.8) is 0 Å². The van der Waals surface area contributed by atoms with Crippen molar-refractivity contribution in [2.24, 2.45) is 0 Å². The Morgan fingerprint density at radius 2 is 2.32 bits per heavy atom. The van der Waals surface area contributed by atoms with Gasteiger partial charge in [0.1, 0.15) is 11.6 Å². The van der Waals surface area contributed by atoms with E-state index in [1.54, 1.807) is 35.1 Å². The lowest BCUT2D eigenvalue weighted by atomic mass is 10.3. The average molecular weight is 300 g/mol. The van der Waals surface area contributed by atoms with E-state index < -0.39 is 0 Å². The van der Waals surface area contributed by atoms with Gasteiger partial charge >= 0.3 is 0 Å². The summed E-state index contributed by atoms with van der Waals surface area (Å²) in [4.78, 5) is 11.1. The van der Waals surface area contributed by atoms with E-state index >= 15 is 0 Å². The number of hydrogen-bond donors (Lipinski definition) is 1. The number of rotatable bonds is 5. The molecule has 0 saturated carbocycles. The molecule has 1 N–H and O–H groups in total. The van der Waals surface area contributed by atoms with Crippen LogP contribution in [0, 0.1) is 0 Å². The topological polar surface area (TPSA) is 56.2 Å². The lowest BCUT2D eigenvalue weighted by molar-refractivity contribution is -0.113. The van der Waals surface area contributed by atoms with E-state index in [0.717, 1.165) is 0 Å². The van der Waals surface area contributed by atoms with Gasteiger partial charge in [-0.25, -0.2) is 4.68 Å². The van der Waals surface area contributed by atoms with Crippen LogP contribution in [0.3, 0.4) is 0 Å². The summed E-state index contributed by atoms with van der Waals surface area (Å²) < 4.78 is 7.04. The first-order valence-corrected chi connectivity index (χ1v) is 6.35. The number of hydrogen-bond acceptors (Lipinski definition) is 3. The minimum atomic E-state index is -0.281. The third kappa shape index (κ3) is 4.15. The molecule has 0 aliphatic carbocycles. The van der Waals surface area contributed by atoms with Crippen molar-refractivity contribution in [2.45, 2.75) is 6.73 Å². The number of ether oxygens (including phenoxy) is 1. The van der Waals surface area contributed by atoms with Gasteiger partial charge in [-0.1, -0.05) is 17.7 Å². The molecule has 0 fully saturated rings. The number of carbonyl (C=O) groups excluding carboxylic acids is 1. The number of aromatic nitrogens is 2. The van der Waals surface area contributed by atoms with Gasteiger partial charge in [-0.3, -0.25) is 4.79 Å². The molecule has 0 radical (unpaired) electrons. The molecule has 1 amide bonds. The van der Waals surface area contributed by atoms with Crippen molar-refractivity contribution in [1.82, 2.24) is 9.78 Å². The summed E-state index contributed by atoms with van der Waals surface area (Å²) in [5.74, 6) is 0.274. The van der Waals surface area contributed by atoms with Gasteiger partial charge in [-0.05, 0) is 18.2 Å². The molecule has 0 aliphatic heterocycles. The van der Waals surface area contributed by atoms with Gasteiger partial charge in [-0.2, -0.15) is 5.10 Å². The smallest absolute Gasteiger partial charge is 0.239 e. The molecule has 19 heavy (non-hydrogen) atoms. The normalized spacial score (nSPS) is 10.2. The Balaban J connectivity index is 1.91. The third-order valence-corrected chi connectivity index (χ3v) is 2.68. The second-order valence-electron chi connectivity index (χ2n) is 3.68. The van der Waals surface area contributed by atoms with E-state index in [2.05, 4.69) is 10.4 Å². The predicted molar refractivity (Wildman–Crippen MR) is 73.7 cm³/mol. The van der Waals surface area contributed by atoms with Gasteiger partial charge < -0.3 is 10.1 Å². The van der Waals surface area contributed by atoms with E-state index in [1.807, 2.05) is 0 Å². The highest BCUT2D eigenvalue weighted by Gasteiger charge is 2.03. The lowest BCUT2D eigenvalue weighted by Gasteiger charge is -2.06. The second-order valence-corrected chi connectivity index (χ2v) is 4.38. The largest absolute Gasteiger partial charge is 0.471 e. The molecular weight excluding hydrogens is 289 g/mol. The Hall–Kier alpha value is -1.72. The van der Waals surface area contributed by atoms with E-state index in [0.29, 0.717) is 16.5 Å². The molecule has 1 aromatic heterocycles. The number of anilines is 1. The molecule has 2 aromatic rings. The SMILES string of the molecule is O=C(CCl)Nc1cnn(COc2cccc(Cl)c2)c1. The van der Waals surface area contributed by atoms with Gasteiger partial charge in [0.15, 0.2) is 6.73 Å². The standard InChI is InChI=1S/C12H11Cl2N3O2/c13-5-12(18)16-10-6-15-17(7-10)8-19-11-3-1-2-9(14)4-11/h1-4,6-7H,5,8H2,(H,16,18). The molecule has 5 nitrogen and oxygen atoms in total. The minimum absolute atomic E-state index is 0.0931. The van der Waals surface area contributed by atoms with Crippen LogP contribution in [0.1, 0.15) is 0 Å². The highest BCUT2D eigenvalue weighted by Crippen LogP contribution is 2.17. The van der Waals surface area contributed by atoms with Crippen LogP contribution in [0.2, 0.25) is 5.02 Å². The fraction of sp³-hybridized carbons (Fsp3) is 0.167. The molecule has 0 unspecified atom stereocenters. The van der Waals surface area contributed by atoms with Crippen molar-refractivity contribution >= 4 is 34.8 Å². The van der Waals surface area contributed by atoms with Crippen molar-refractivity contribution < 1.29 is 9.53 Å². The van der Waals surface area contributed by atoms with Crippen LogP contribution in [0.25, 0.3) is 0 Å². The monoisotopic (exact) mass is 299 g/mol. The first-order valence-electron chi connectivity index (χ1n) is 5.44. The molecule has 2 rings (SSSR count).